The van der Waals surface area contributed by atoms with Gasteiger partial charge in [-0.1, -0.05) is 68.8 Å². The lowest BCUT2D eigenvalue weighted by Crippen LogP contribution is -2.22. The van der Waals surface area contributed by atoms with Crippen LogP contribution in [0.1, 0.15) is 55.0 Å². The first-order valence-electron chi connectivity index (χ1n) is 8.14. The number of rotatable bonds is 7. The molecule has 1 heteroatoms. The van der Waals surface area contributed by atoms with Crippen molar-refractivity contribution < 1.29 is 0 Å². The highest BCUT2D eigenvalue weighted by atomic mass is 14.9. The second kappa shape index (κ2) is 7.99. The van der Waals surface area contributed by atoms with Crippen molar-refractivity contribution in [1.29, 1.82) is 0 Å². The summed E-state index contributed by atoms with van der Waals surface area (Å²) in [7, 11) is 0. The summed E-state index contributed by atoms with van der Waals surface area (Å²) < 4.78 is 0. The van der Waals surface area contributed by atoms with E-state index in [1.54, 1.807) is 0 Å². The molecule has 2 rings (SSSR count). The van der Waals surface area contributed by atoms with E-state index in [2.05, 4.69) is 74.6 Å². The molecule has 0 radical (unpaired) electrons. The first-order chi connectivity index (χ1) is 10.3. The van der Waals surface area contributed by atoms with Crippen LogP contribution >= 0.6 is 0 Å². The lowest BCUT2D eigenvalue weighted by atomic mass is 9.94. The summed E-state index contributed by atoms with van der Waals surface area (Å²) in [6.07, 6.45) is 3.71. The molecule has 0 aliphatic rings. The molecule has 1 unspecified atom stereocenters. The second-order valence-electron chi connectivity index (χ2n) is 5.69. The minimum Gasteiger partial charge on any atom is -0.307 e. The normalized spacial score (nSPS) is 12.3. The smallest absolute Gasteiger partial charge is 0.0579 e. The Morgan fingerprint density at radius 1 is 0.952 bits per heavy atom. The Hall–Kier alpha value is -1.60. The molecule has 2 aromatic rings. The standard InChI is InChI=1S/C20H27N/c1-4-6-10-17-12-14-18(15-13-17)20(21-5-2)19-11-8-7-9-16(19)3/h7-9,11-15,20-21H,4-6,10H2,1-3H3. The molecule has 1 atom stereocenters. The molecule has 0 spiro atoms. The highest BCUT2D eigenvalue weighted by molar-refractivity contribution is 5.37. The van der Waals surface area contributed by atoms with Crippen LogP contribution in [0.25, 0.3) is 0 Å². The van der Waals surface area contributed by atoms with Crippen LogP contribution in [-0.4, -0.2) is 6.54 Å². The predicted molar refractivity (Wildman–Crippen MR) is 91.8 cm³/mol. The average molecular weight is 281 g/mol. The summed E-state index contributed by atoms with van der Waals surface area (Å²) in [5.74, 6) is 0. The number of unbranched alkanes of at least 4 members (excludes halogenated alkanes) is 1. The van der Waals surface area contributed by atoms with E-state index in [4.69, 9.17) is 0 Å². The fourth-order valence-corrected chi connectivity index (χ4v) is 2.78. The van der Waals surface area contributed by atoms with E-state index in [1.165, 1.54) is 41.5 Å². The number of hydrogen-bond acceptors (Lipinski definition) is 1. The molecule has 1 nitrogen and oxygen atoms in total. The Morgan fingerprint density at radius 3 is 2.29 bits per heavy atom. The molecule has 2 aromatic carbocycles. The first kappa shape index (κ1) is 15.8. The SMILES string of the molecule is CCCCc1ccc(C(NCC)c2ccccc2C)cc1. The van der Waals surface area contributed by atoms with Gasteiger partial charge in [0.05, 0.1) is 6.04 Å². The minimum absolute atomic E-state index is 0.288. The molecule has 0 aliphatic carbocycles. The van der Waals surface area contributed by atoms with E-state index >= 15 is 0 Å². The Kier molecular flexibility index (Phi) is 6.01. The summed E-state index contributed by atoms with van der Waals surface area (Å²) in [6.45, 7) is 7.57. The molecule has 1 N–H and O–H groups in total. The lowest BCUT2D eigenvalue weighted by molar-refractivity contribution is 0.627. The third-order valence-electron chi connectivity index (χ3n) is 4.04. The number of hydrogen-bond donors (Lipinski definition) is 1. The highest BCUT2D eigenvalue weighted by Crippen LogP contribution is 2.25. The maximum atomic E-state index is 3.62. The highest BCUT2D eigenvalue weighted by Gasteiger charge is 2.14. The monoisotopic (exact) mass is 281 g/mol. The Bertz CT molecular complexity index is 542. The van der Waals surface area contributed by atoms with E-state index in [1.807, 2.05) is 0 Å². The van der Waals surface area contributed by atoms with Gasteiger partial charge in [0, 0.05) is 0 Å². The number of nitrogens with one attached hydrogen (secondary N) is 1. The zero-order chi connectivity index (χ0) is 15.1. The molecule has 0 amide bonds. The van der Waals surface area contributed by atoms with Crippen molar-refractivity contribution in [2.24, 2.45) is 0 Å². The Morgan fingerprint density at radius 2 is 1.67 bits per heavy atom. The summed E-state index contributed by atoms with van der Waals surface area (Å²) >= 11 is 0. The van der Waals surface area contributed by atoms with Gasteiger partial charge in [-0.3, -0.25) is 0 Å². The second-order valence-corrected chi connectivity index (χ2v) is 5.69. The fourth-order valence-electron chi connectivity index (χ4n) is 2.78. The number of benzene rings is 2. The van der Waals surface area contributed by atoms with Crippen molar-refractivity contribution >= 4 is 0 Å². The molecule has 0 fully saturated rings. The van der Waals surface area contributed by atoms with E-state index in [0.29, 0.717) is 0 Å². The van der Waals surface area contributed by atoms with E-state index < -0.39 is 0 Å². The van der Waals surface area contributed by atoms with Crippen LogP contribution in [-0.2, 0) is 6.42 Å². The Balaban J connectivity index is 2.24. The van der Waals surface area contributed by atoms with Crippen molar-refractivity contribution in [3.63, 3.8) is 0 Å². The molecule has 0 saturated heterocycles. The molecule has 0 saturated carbocycles. The molecule has 0 bridgehead atoms. The first-order valence-corrected chi connectivity index (χ1v) is 8.14. The summed E-state index contributed by atoms with van der Waals surface area (Å²) in [4.78, 5) is 0. The molecule has 112 valence electrons. The largest absolute Gasteiger partial charge is 0.307 e. The average Bonchev–Trinajstić information content (AvgIpc) is 2.52. The minimum atomic E-state index is 0.288. The van der Waals surface area contributed by atoms with Gasteiger partial charge in [-0.2, -0.15) is 0 Å². The van der Waals surface area contributed by atoms with E-state index in [0.717, 1.165) is 6.54 Å². The van der Waals surface area contributed by atoms with Crippen molar-refractivity contribution in [3.05, 3.63) is 70.8 Å². The van der Waals surface area contributed by atoms with Crippen molar-refractivity contribution in [2.45, 2.75) is 46.1 Å². The van der Waals surface area contributed by atoms with Crippen LogP contribution in [0.2, 0.25) is 0 Å². The van der Waals surface area contributed by atoms with Gasteiger partial charge >= 0.3 is 0 Å². The maximum Gasteiger partial charge on any atom is 0.0579 e. The third kappa shape index (κ3) is 4.18. The van der Waals surface area contributed by atoms with Gasteiger partial charge in [0.25, 0.3) is 0 Å². The van der Waals surface area contributed by atoms with Crippen LogP contribution < -0.4 is 5.32 Å². The van der Waals surface area contributed by atoms with Crippen LogP contribution in [0.3, 0.4) is 0 Å². The van der Waals surface area contributed by atoms with Gasteiger partial charge in [-0.05, 0) is 48.6 Å². The summed E-state index contributed by atoms with van der Waals surface area (Å²) in [5, 5.41) is 3.62. The van der Waals surface area contributed by atoms with Crippen LogP contribution in [0.5, 0.6) is 0 Å². The van der Waals surface area contributed by atoms with Gasteiger partial charge in [0.2, 0.25) is 0 Å². The van der Waals surface area contributed by atoms with Gasteiger partial charge in [0.15, 0.2) is 0 Å². The molecular weight excluding hydrogens is 254 g/mol. The summed E-state index contributed by atoms with van der Waals surface area (Å²) in [6, 6.07) is 18.1. The van der Waals surface area contributed by atoms with Gasteiger partial charge in [0.1, 0.15) is 0 Å². The fraction of sp³-hybridized carbons (Fsp3) is 0.400. The van der Waals surface area contributed by atoms with E-state index in [-0.39, 0.29) is 6.04 Å². The van der Waals surface area contributed by atoms with Crippen molar-refractivity contribution in [1.82, 2.24) is 5.32 Å². The van der Waals surface area contributed by atoms with Gasteiger partial charge < -0.3 is 5.32 Å². The summed E-state index contributed by atoms with van der Waals surface area (Å²) in [5.41, 5.74) is 5.52. The quantitative estimate of drug-likeness (QED) is 0.750. The van der Waals surface area contributed by atoms with Crippen molar-refractivity contribution in [2.75, 3.05) is 6.54 Å². The van der Waals surface area contributed by atoms with Crippen LogP contribution in [0, 0.1) is 6.92 Å². The van der Waals surface area contributed by atoms with Gasteiger partial charge in [-0.25, -0.2) is 0 Å². The van der Waals surface area contributed by atoms with Crippen LogP contribution in [0.4, 0.5) is 0 Å². The predicted octanol–water partition coefficient (Wildman–Crippen LogP) is 5.04. The number of aryl methyl sites for hydroxylation is 2. The maximum absolute atomic E-state index is 3.62. The molecular formula is C20H27N. The van der Waals surface area contributed by atoms with Crippen molar-refractivity contribution in [3.8, 4) is 0 Å². The topological polar surface area (TPSA) is 12.0 Å². The zero-order valence-corrected chi connectivity index (χ0v) is 13.5. The molecule has 21 heavy (non-hydrogen) atoms. The van der Waals surface area contributed by atoms with Gasteiger partial charge in [-0.15, -0.1) is 0 Å². The third-order valence-corrected chi connectivity index (χ3v) is 4.04. The lowest BCUT2D eigenvalue weighted by Gasteiger charge is -2.21. The van der Waals surface area contributed by atoms with E-state index in [9.17, 15) is 0 Å². The molecule has 0 aromatic heterocycles. The Labute approximate surface area is 129 Å². The molecule has 0 aliphatic heterocycles. The van der Waals surface area contributed by atoms with Crippen LogP contribution in [0.15, 0.2) is 48.5 Å². The molecule has 0 heterocycles. The zero-order valence-electron chi connectivity index (χ0n) is 13.5.